The maximum Gasteiger partial charge on any atom is 0.265 e. The minimum absolute atomic E-state index is 0.0764. The number of halogens is 1. The van der Waals surface area contributed by atoms with Gasteiger partial charge in [0.15, 0.2) is 6.10 Å². The van der Waals surface area contributed by atoms with E-state index in [9.17, 15) is 9.59 Å². The maximum absolute atomic E-state index is 13.1. The van der Waals surface area contributed by atoms with Crippen molar-refractivity contribution in [3.05, 3.63) is 59.1 Å². The molecule has 1 fully saturated rings. The Kier molecular flexibility index (Phi) is 7.15. The first-order chi connectivity index (χ1) is 14.0. The zero-order valence-electron chi connectivity index (χ0n) is 16.9. The third kappa shape index (κ3) is 5.30. The van der Waals surface area contributed by atoms with Crippen molar-refractivity contribution in [1.82, 2.24) is 4.90 Å². The second-order valence-corrected chi connectivity index (χ2v) is 7.84. The van der Waals surface area contributed by atoms with Crippen molar-refractivity contribution in [3.63, 3.8) is 0 Å². The number of nitrogens with zero attached hydrogens (tertiary/aromatic N) is 1. The number of carbonyl (C=O) groups is 2. The number of carbonyl (C=O) groups excluding carboxylic acids is 2. The van der Waals surface area contributed by atoms with Crippen LogP contribution in [-0.4, -0.2) is 35.9 Å². The van der Waals surface area contributed by atoms with Gasteiger partial charge >= 0.3 is 0 Å². The molecule has 154 valence electrons. The lowest BCUT2D eigenvalue weighted by molar-refractivity contribution is -0.122. The third-order valence-electron chi connectivity index (χ3n) is 5.37. The van der Waals surface area contributed by atoms with Crippen LogP contribution in [0.1, 0.15) is 49.4 Å². The number of benzene rings is 2. The maximum atomic E-state index is 13.1. The molecule has 0 bridgehead atoms. The molecule has 0 spiro atoms. The standard InChI is InChI=1S/C23H27ClN2O3/c1-16(29-21-15-9-7-13-19(21)24)22(27)25-20-14-8-6-12-18(20)23(28)26(2)17-10-4-3-5-11-17/h6-9,12-17H,3-5,10-11H2,1-2H3,(H,25,27). The summed E-state index contributed by atoms with van der Waals surface area (Å²) in [5.41, 5.74) is 0.971. The van der Waals surface area contributed by atoms with E-state index in [0.717, 1.165) is 25.7 Å². The van der Waals surface area contributed by atoms with Crippen molar-refractivity contribution in [2.24, 2.45) is 0 Å². The van der Waals surface area contributed by atoms with E-state index < -0.39 is 6.10 Å². The van der Waals surface area contributed by atoms with Crippen LogP contribution in [0.25, 0.3) is 0 Å². The molecule has 1 unspecified atom stereocenters. The fraction of sp³-hybridized carbons (Fsp3) is 0.391. The van der Waals surface area contributed by atoms with Crippen molar-refractivity contribution >= 4 is 29.1 Å². The first kappa shape index (κ1) is 21.2. The molecule has 1 N–H and O–H groups in total. The predicted molar refractivity (Wildman–Crippen MR) is 116 cm³/mol. The highest BCUT2D eigenvalue weighted by Gasteiger charge is 2.25. The van der Waals surface area contributed by atoms with Crippen LogP contribution in [0.4, 0.5) is 5.69 Å². The van der Waals surface area contributed by atoms with Gasteiger partial charge in [0.2, 0.25) is 0 Å². The number of rotatable bonds is 6. The summed E-state index contributed by atoms with van der Waals surface area (Å²) in [5, 5.41) is 3.28. The van der Waals surface area contributed by atoms with Crippen LogP contribution < -0.4 is 10.1 Å². The number of hydrogen-bond donors (Lipinski definition) is 1. The minimum Gasteiger partial charge on any atom is -0.479 e. The molecule has 0 aliphatic heterocycles. The molecule has 1 atom stereocenters. The highest BCUT2D eigenvalue weighted by Crippen LogP contribution is 2.26. The quantitative estimate of drug-likeness (QED) is 0.711. The van der Waals surface area contributed by atoms with E-state index >= 15 is 0 Å². The molecule has 0 aromatic heterocycles. The van der Waals surface area contributed by atoms with Crippen LogP contribution in [0.15, 0.2) is 48.5 Å². The van der Waals surface area contributed by atoms with Gasteiger partial charge in [0.1, 0.15) is 5.75 Å². The minimum atomic E-state index is -0.769. The highest BCUT2D eigenvalue weighted by molar-refractivity contribution is 6.32. The summed E-state index contributed by atoms with van der Waals surface area (Å²) < 4.78 is 5.68. The van der Waals surface area contributed by atoms with Gasteiger partial charge in [-0.05, 0) is 44.0 Å². The molecule has 2 aromatic rings. The second kappa shape index (κ2) is 9.79. The molecule has 3 rings (SSSR count). The van der Waals surface area contributed by atoms with E-state index in [0.29, 0.717) is 22.0 Å². The van der Waals surface area contributed by atoms with Gasteiger partial charge in [-0.1, -0.05) is 55.1 Å². The van der Waals surface area contributed by atoms with Gasteiger partial charge in [0.05, 0.1) is 16.3 Å². The fourth-order valence-electron chi connectivity index (χ4n) is 3.62. The third-order valence-corrected chi connectivity index (χ3v) is 5.68. The molecule has 1 aliphatic carbocycles. The Balaban J connectivity index is 1.70. The lowest BCUT2D eigenvalue weighted by atomic mass is 9.94. The molecule has 0 heterocycles. The summed E-state index contributed by atoms with van der Waals surface area (Å²) >= 11 is 6.10. The van der Waals surface area contributed by atoms with Crippen LogP contribution in [0.2, 0.25) is 5.02 Å². The summed E-state index contributed by atoms with van der Waals surface area (Å²) in [6.07, 6.45) is 4.82. The van der Waals surface area contributed by atoms with E-state index in [1.807, 2.05) is 11.9 Å². The highest BCUT2D eigenvalue weighted by atomic mass is 35.5. The molecule has 0 saturated heterocycles. The number of para-hydroxylation sites is 2. The molecule has 0 radical (unpaired) electrons. The van der Waals surface area contributed by atoms with Gasteiger partial charge in [-0.2, -0.15) is 0 Å². The van der Waals surface area contributed by atoms with E-state index in [1.165, 1.54) is 6.42 Å². The predicted octanol–water partition coefficient (Wildman–Crippen LogP) is 5.15. The molecule has 29 heavy (non-hydrogen) atoms. The van der Waals surface area contributed by atoms with Crippen molar-refractivity contribution in [2.45, 2.75) is 51.2 Å². The van der Waals surface area contributed by atoms with Gasteiger partial charge in [-0.25, -0.2) is 0 Å². The molecule has 2 aromatic carbocycles. The van der Waals surface area contributed by atoms with Crippen LogP contribution in [0.5, 0.6) is 5.75 Å². The fourth-order valence-corrected chi connectivity index (χ4v) is 3.80. The lowest BCUT2D eigenvalue weighted by Crippen LogP contribution is -2.39. The Morgan fingerprint density at radius 2 is 1.72 bits per heavy atom. The Morgan fingerprint density at radius 3 is 2.45 bits per heavy atom. The average Bonchev–Trinajstić information content (AvgIpc) is 2.75. The van der Waals surface area contributed by atoms with Crippen LogP contribution in [0, 0.1) is 0 Å². The Hall–Kier alpha value is -2.53. The topological polar surface area (TPSA) is 58.6 Å². The molecule has 1 aliphatic rings. The van der Waals surface area contributed by atoms with Crippen LogP contribution in [0.3, 0.4) is 0 Å². The van der Waals surface area contributed by atoms with Crippen molar-refractivity contribution in [2.75, 3.05) is 12.4 Å². The van der Waals surface area contributed by atoms with Gasteiger partial charge in [0, 0.05) is 13.1 Å². The molecule has 6 heteroatoms. The average molecular weight is 415 g/mol. The number of anilines is 1. The van der Waals surface area contributed by atoms with E-state index in [2.05, 4.69) is 5.32 Å². The summed E-state index contributed by atoms with van der Waals surface area (Å²) in [5.74, 6) is 0.0242. The number of amides is 2. The number of ether oxygens (including phenoxy) is 1. The zero-order chi connectivity index (χ0) is 20.8. The van der Waals surface area contributed by atoms with E-state index in [-0.39, 0.29) is 17.9 Å². The lowest BCUT2D eigenvalue weighted by Gasteiger charge is -2.31. The summed E-state index contributed by atoms with van der Waals surface area (Å²) in [4.78, 5) is 27.6. The van der Waals surface area contributed by atoms with Gasteiger partial charge < -0.3 is 15.0 Å². The largest absolute Gasteiger partial charge is 0.479 e. The summed E-state index contributed by atoms with van der Waals surface area (Å²) in [6.45, 7) is 1.65. The summed E-state index contributed by atoms with van der Waals surface area (Å²) in [6, 6.07) is 14.3. The normalized spacial score (nSPS) is 15.4. The molecular weight excluding hydrogens is 388 g/mol. The molecular formula is C23H27ClN2O3. The summed E-state index contributed by atoms with van der Waals surface area (Å²) in [7, 11) is 1.85. The van der Waals surface area contributed by atoms with Gasteiger partial charge in [-0.15, -0.1) is 0 Å². The number of nitrogens with one attached hydrogen (secondary N) is 1. The van der Waals surface area contributed by atoms with Crippen LogP contribution >= 0.6 is 11.6 Å². The SMILES string of the molecule is CC(Oc1ccccc1Cl)C(=O)Nc1ccccc1C(=O)N(C)C1CCCCC1. The Morgan fingerprint density at radius 1 is 1.07 bits per heavy atom. The Bertz CT molecular complexity index is 865. The van der Waals surface area contributed by atoms with E-state index in [4.69, 9.17) is 16.3 Å². The van der Waals surface area contributed by atoms with Crippen molar-refractivity contribution < 1.29 is 14.3 Å². The molecule has 2 amide bonds. The number of hydrogen-bond acceptors (Lipinski definition) is 3. The smallest absolute Gasteiger partial charge is 0.265 e. The second-order valence-electron chi connectivity index (χ2n) is 7.43. The zero-order valence-corrected chi connectivity index (χ0v) is 17.6. The first-order valence-corrected chi connectivity index (χ1v) is 10.4. The van der Waals surface area contributed by atoms with Crippen LogP contribution in [-0.2, 0) is 4.79 Å². The Labute approximate surface area is 177 Å². The van der Waals surface area contributed by atoms with Gasteiger partial charge in [0.25, 0.3) is 11.8 Å². The monoisotopic (exact) mass is 414 g/mol. The molecule has 1 saturated carbocycles. The molecule has 5 nitrogen and oxygen atoms in total. The van der Waals surface area contributed by atoms with Crippen molar-refractivity contribution in [3.8, 4) is 5.75 Å². The first-order valence-electron chi connectivity index (χ1n) is 10.1. The van der Waals surface area contributed by atoms with E-state index in [1.54, 1.807) is 55.5 Å². The van der Waals surface area contributed by atoms with Gasteiger partial charge in [-0.3, -0.25) is 9.59 Å². The van der Waals surface area contributed by atoms with Crippen molar-refractivity contribution in [1.29, 1.82) is 0 Å².